The summed E-state index contributed by atoms with van der Waals surface area (Å²) >= 11 is -0.355. The summed E-state index contributed by atoms with van der Waals surface area (Å²) in [4.78, 5) is 0. The minimum absolute atomic E-state index is 0.0630. The molecule has 0 saturated carbocycles. The first-order valence-corrected chi connectivity index (χ1v) is 7.37. The van der Waals surface area contributed by atoms with Crippen LogP contribution in [0.3, 0.4) is 0 Å². The molecule has 0 aromatic carbocycles. The molecule has 0 heterocycles. The predicted octanol–water partition coefficient (Wildman–Crippen LogP) is 2.72. The van der Waals surface area contributed by atoms with E-state index in [4.69, 9.17) is 0 Å². The Kier molecular flexibility index (Phi) is 6.53. The van der Waals surface area contributed by atoms with Crippen LogP contribution in [0.4, 0.5) is 13.2 Å². The molecule has 0 aliphatic carbocycles. The van der Waals surface area contributed by atoms with Crippen molar-refractivity contribution in [1.82, 2.24) is 4.72 Å². The van der Waals surface area contributed by atoms with Crippen molar-refractivity contribution in [2.45, 2.75) is 44.2 Å². The summed E-state index contributed by atoms with van der Waals surface area (Å²) in [5.41, 5.74) is 0. The van der Waals surface area contributed by atoms with Crippen LogP contribution in [-0.4, -0.2) is 33.5 Å². The Morgan fingerprint density at radius 3 is 2.12 bits per heavy atom. The Morgan fingerprint density at radius 1 is 1.31 bits per heavy atom. The van der Waals surface area contributed by atoms with Gasteiger partial charge in [0.25, 0.3) is 0 Å². The second-order valence-electron chi connectivity index (χ2n) is 4.37. The maximum absolute atomic E-state index is 12.6. The van der Waals surface area contributed by atoms with Gasteiger partial charge in [-0.15, -0.1) is 4.72 Å². The van der Waals surface area contributed by atoms with E-state index in [2.05, 4.69) is 4.72 Å². The molecule has 0 aliphatic heterocycles. The first kappa shape index (κ1) is 16.4. The minimum Gasteiger partial charge on any atom is -0.598 e. The maximum atomic E-state index is 12.6. The Bertz CT molecular complexity index is 206. The van der Waals surface area contributed by atoms with Crippen molar-refractivity contribution in [3.8, 4) is 0 Å². The second-order valence-corrected chi connectivity index (χ2v) is 7.36. The van der Waals surface area contributed by atoms with E-state index in [1.54, 1.807) is 27.0 Å². The summed E-state index contributed by atoms with van der Waals surface area (Å²) in [6.45, 7) is 4.91. The third-order valence-corrected chi connectivity index (χ3v) is 4.07. The van der Waals surface area contributed by atoms with Crippen LogP contribution in [-0.2, 0) is 11.4 Å². The molecule has 0 amide bonds. The third kappa shape index (κ3) is 6.22. The van der Waals surface area contributed by atoms with E-state index in [-0.39, 0.29) is 6.42 Å². The molecule has 0 aromatic rings. The highest BCUT2D eigenvalue weighted by molar-refractivity contribution is 7.98. The molecule has 16 heavy (non-hydrogen) atoms. The molecule has 1 N–H and O–H groups in total. The Balaban J connectivity index is 4.43. The van der Waals surface area contributed by atoms with Gasteiger partial charge in [0.2, 0.25) is 0 Å². The monoisotopic (exact) mass is 277 g/mol. The Morgan fingerprint density at radius 2 is 1.81 bits per heavy atom. The summed E-state index contributed by atoms with van der Waals surface area (Å²) in [7, 11) is 0. The number of halogens is 3. The van der Waals surface area contributed by atoms with Gasteiger partial charge < -0.3 is 4.55 Å². The van der Waals surface area contributed by atoms with E-state index in [1.807, 2.05) is 0 Å². The van der Waals surface area contributed by atoms with Gasteiger partial charge in [0, 0.05) is 11.4 Å². The minimum atomic E-state index is -4.35. The van der Waals surface area contributed by atoms with Crippen molar-refractivity contribution in [1.29, 1.82) is 0 Å². The fourth-order valence-electron chi connectivity index (χ4n) is 0.831. The Hall–Kier alpha value is 0.410. The van der Waals surface area contributed by atoms with Crippen molar-refractivity contribution < 1.29 is 17.7 Å². The molecule has 2 unspecified atom stereocenters. The highest BCUT2D eigenvalue weighted by Crippen LogP contribution is 2.26. The van der Waals surface area contributed by atoms with Crippen molar-refractivity contribution in [3.05, 3.63) is 0 Å². The Labute approximate surface area is 102 Å². The van der Waals surface area contributed by atoms with E-state index in [0.29, 0.717) is 5.75 Å². The summed E-state index contributed by atoms with van der Waals surface area (Å²) in [6, 6.07) is -1.69. The quantitative estimate of drug-likeness (QED) is 0.785. The molecule has 7 heteroatoms. The molecule has 2 atom stereocenters. The lowest BCUT2D eigenvalue weighted by Crippen LogP contribution is -2.50. The van der Waals surface area contributed by atoms with Crippen LogP contribution in [0.2, 0.25) is 0 Å². The standard InChI is InChI=1S/C9H18F3NOS2/c1-8(2,3)16(14)13-7(5-6-15-4)9(10,11)12/h7,13H,5-6H2,1-4H3. The molecule has 2 nitrogen and oxygen atoms in total. The number of hydrogen-bond acceptors (Lipinski definition) is 3. The lowest BCUT2D eigenvalue weighted by molar-refractivity contribution is -0.151. The van der Waals surface area contributed by atoms with Crippen LogP contribution < -0.4 is 4.72 Å². The molecule has 0 aliphatic rings. The van der Waals surface area contributed by atoms with Gasteiger partial charge in [-0.2, -0.15) is 24.9 Å². The number of hydrogen-bond donors (Lipinski definition) is 1. The normalized spacial score (nSPS) is 17.2. The average molecular weight is 277 g/mol. The molecule has 0 bridgehead atoms. The topological polar surface area (TPSA) is 35.1 Å². The first-order chi connectivity index (χ1) is 7.09. The third-order valence-electron chi connectivity index (χ3n) is 1.81. The van der Waals surface area contributed by atoms with Crippen LogP contribution in [0.15, 0.2) is 0 Å². The van der Waals surface area contributed by atoms with Gasteiger partial charge in [-0.25, -0.2) is 0 Å². The van der Waals surface area contributed by atoms with Crippen LogP contribution in [0.1, 0.15) is 27.2 Å². The number of rotatable bonds is 5. The SMILES string of the molecule is CSCCC(N[S+]([O-])C(C)(C)C)C(F)(F)F. The van der Waals surface area contributed by atoms with Gasteiger partial charge in [-0.3, -0.25) is 0 Å². The van der Waals surface area contributed by atoms with Crippen molar-refractivity contribution in [2.24, 2.45) is 0 Å². The maximum Gasteiger partial charge on any atom is 0.408 e. The smallest absolute Gasteiger partial charge is 0.408 e. The second kappa shape index (κ2) is 6.37. The van der Waals surface area contributed by atoms with Crippen molar-refractivity contribution in [2.75, 3.05) is 12.0 Å². The molecular formula is C9H18F3NOS2. The van der Waals surface area contributed by atoms with Gasteiger partial charge in [0.15, 0.2) is 0 Å². The van der Waals surface area contributed by atoms with E-state index in [1.165, 1.54) is 11.8 Å². The van der Waals surface area contributed by atoms with Gasteiger partial charge in [0.05, 0.1) is 0 Å². The molecule has 0 saturated heterocycles. The summed E-state index contributed by atoms with van der Waals surface area (Å²) in [5.74, 6) is 0.387. The molecule has 0 aromatic heterocycles. The van der Waals surface area contributed by atoms with Gasteiger partial charge >= 0.3 is 6.18 Å². The van der Waals surface area contributed by atoms with Gasteiger partial charge in [0.1, 0.15) is 10.8 Å². The van der Waals surface area contributed by atoms with Crippen molar-refractivity contribution >= 4 is 23.1 Å². The zero-order chi connectivity index (χ0) is 13.0. The van der Waals surface area contributed by atoms with E-state index in [0.717, 1.165) is 0 Å². The van der Waals surface area contributed by atoms with Crippen LogP contribution in [0.25, 0.3) is 0 Å². The van der Waals surface area contributed by atoms with E-state index in [9.17, 15) is 17.7 Å². The van der Waals surface area contributed by atoms with Crippen LogP contribution >= 0.6 is 11.8 Å². The summed E-state index contributed by atoms with van der Waals surface area (Å²) in [5, 5.41) is 0. The van der Waals surface area contributed by atoms with E-state index >= 15 is 0 Å². The lowest BCUT2D eigenvalue weighted by Gasteiger charge is -2.28. The lowest BCUT2D eigenvalue weighted by atomic mass is 10.2. The van der Waals surface area contributed by atoms with Crippen molar-refractivity contribution in [3.63, 3.8) is 0 Å². The molecule has 0 spiro atoms. The predicted molar refractivity (Wildman–Crippen MR) is 63.9 cm³/mol. The fourth-order valence-corrected chi connectivity index (χ4v) is 2.17. The zero-order valence-corrected chi connectivity index (χ0v) is 11.5. The number of thioether (sulfide) groups is 1. The first-order valence-electron chi connectivity index (χ1n) is 4.82. The fraction of sp³-hybridized carbons (Fsp3) is 1.00. The van der Waals surface area contributed by atoms with Crippen LogP contribution in [0.5, 0.6) is 0 Å². The molecule has 0 fully saturated rings. The molecular weight excluding hydrogens is 259 g/mol. The highest BCUT2D eigenvalue weighted by atomic mass is 32.2. The molecule has 98 valence electrons. The van der Waals surface area contributed by atoms with E-state index < -0.39 is 28.3 Å². The van der Waals surface area contributed by atoms with Gasteiger partial charge in [-0.05, 0) is 39.2 Å². The number of nitrogens with one attached hydrogen (secondary N) is 1. The highest BCUT2D eigenvalue weighted by Gasteiger charge is 2.43. The summed E-state index contributed by atoms with van der Waals surface area (Å²) < 4.78 is 50.8. The van der Waals surface area contributed by atoms with Gasteiger partial charge in [-0.1, -0.05) is 0 Å². The largest absolute Gasteiger partial charge is 0.598 e. The molecule has 0 rings (SSSR count). The number of alkyl halides is 3. The van der Waals surface area contributed by atoms with Crippen LogP contribution in [0, 0.1) is 0 Å². The average Bonchev–Trinajstić information content (AvgIpc) is 2.08. The summed E-state index contributed by atoms with van der Waals surface area (Å²) in [6.07, 6.45) is -2.67. The molecule has 0 radical (unpaired) electrons. The zero-order valence-electron chi connectivity index (χ0n) is 9.85.